The molecule has 2 aliphatic rings. The van der Waals surface area contributed by atoms with Crippen LogP contribution in [0.15, 0.2) is 23.2 Å². The summed E-state index contributed by atoms with van der Waals surface area (Å²) in [4.78, 5) is 11.3. The van der Waals surface area contributed by atoms with Crippen LogP contribution < -0.4 is 10.2 Å². The number of hydrogen-bond acceptors (Lipinski definition) is 4. The summed E-state index contributed by atoms with van der Waals surface area (Å²) < 4.78 is 20.0. The maximum atomic E-state index is 14.5. The van der Waals surface area contributed by atoms with Crippen LogP contribution in [0.4, 0.5) is 10.1 Å². The molecule has 0 saturated carbocycles. The Hall–Kier alpha value is -1.86. The van der Waals surface area contributed by atoms with Gasteiger partial charge >= 0.3 is 0 Å². The van der Waals surface area contributed by atoms with Crippen LogP contribution in [-0.2, 0) is 11.3 Å². The number of nitrogens with one attached hydrogen (secondary N) is 1. The Balaban J connectivity index is 1.51. The van der Waals surface area contributed by atoms with Gasteiger partial charge in [-0.2, -0.15) is 0 Å². The largest absolute Gasteiger partial charge is 0.379 e. The van der Waals surface area contributed by atoms with E-state index in [9.17, 15) is 4.39 Å². The summed E-state index contributed by atoms with van der Waals surface area (Å²) in [6.07, 6.45) is 1.19. The fourth-order valence-electron chi connectivity index (χ4n) is 4.32. The molecule has 2 fully saturated rings. The molecule has 2 aliphatic heterocycles. The zero-order chi connectivity index (χ0) is 20.6. The van der Waals surface area contributed by atoms with Crippen LogP contribution in [0, 0.1) is 11.7 Å². The van der Waals surface area contributed by atoms with Crippen LogP contribution in [-0.4, -0.2) is 81.8 Å². The van der Waals surface area contributed by atoms with Gasteiger partial charge in [0.05, 0.1) is 18.9 Å². The summed E-state index contributed by atoms with van der Waals surface area (Å²) in [6.45, 7) is 13.2. The highest BCUT2D eigenvalue weighted by Gasteiger charge is 2.27. The van der Waals surface area contributed by atoms with Crippen molar-refractivity contribution in [2.24, 2.45) is 10.9 Å². The van der Waals surface area contributed by atoms with Crippen LogP contribution in [0.5, 0.6) is 0 Å². The number of hydrogen-bond donors (Lipinski definition) is 1. The molecule has 1 unspecified atom stereocenters. The molecule has 1 aromatic carbocycles. The maximum absolute atomic E-state index is 14.5. The maximum Gasteiger partial charge on any atom is 0.193 e. The molecular formula is C22H36FN5O. The Morgan fingerprint density at radius 3 is 2.66 bits per heavy atom. The predicted molar refractivity (Wildman–Crippen MR) is 117 cm³/mol. The molecule has 0 radical (unpaired) electrons. The molecule has 2 saturated heterocycles. The average Bonchev–Trinajstić information content (AvgIpc) is 3.19. The van der Waals surface area contributed by atoms with E-state index in [0.717, 1.165) is 70.6 Å². The fraction of sp³-hybridized carbons (Fsp3) is 0.682. The molecule has 0 aliphatic carbocycles. The summed E-state index contributed by atoms with van der Waals surface area (Å²) >= 11 is 0. The Morgan fingerprint density at radius 2 is 2.00 bits per heavy atom. The summed E-state index contributed by atoms with van der Waals surface area (Å²) in [5.74, 6) is 1.41. The van der Waals surface area contributed by atoms with Gasteiger partial charge in [-0.1, -0.05) is 6.07 Å². The fourth-order valence-corrected chi connectivity index (χ4v) is 4.32. The van der Waals surface area contributed by atoms with Crippen molar-refractivity contribution >= 4 is 11.6 Å². The molecule has 1 N–H and O–H groups in total. The first kappa shape index (κ1) is 21.8. The molecule has 0 spiro atoms. The number of anilines is 1. The number of benzene rings is 1. The average molecular weight is 406 g/mol. The molecule has 1 aromatic rings. The molecule has 0 bridgehead atoms. The van der Waals surface area contributed by atoms with E-state index in [1.54, 1.807) is 6.07 Å². The monoisotopic (exact) mass is 405 g/mol. The highest BCUT2D eigenvalue weighted by atomic mass is 19.1. The predicted octanol–water partition coefficient (Wildman–Crippen LogP) is 2.40. The Bertz CT molecular complexity index is 673. The van der Waals surface area contributed by atoms with Crippen molar-refractivity contribution in [2.75, 3.05) is 71.0 Å². The minimum absolute atomic E-state index is 0.158. The van der Waals surface area contributed by atoms with Crippen molar-refractivity contribution in [3.8, 4) is 0 Å². The van der Waals surface area contributed by atoms with Crippen molar-refractivity contribution in [3.05, 3.63) is 29.6 Å². The van der Waals surface area contributed by atoms with Crippen molar-refractivity contribution in [3.63, 3.8) is 0 Å². The van der Waals surface area contributed by atoms with Crippen LogP contribution in [0.3, 0.4) is 0 Å². The van der Waals surface area contributed by atoms with Crippen LogP contribution >= 0.6 is 0 Å². The first-order valence-corrected chi connectivity index (χ1v) is 10.9. The van der Waals surface area contributed by atoms with Crippen LogP contribution in [0.1, 0.15) is 25.8 Å². The second kappa shape index (κ2) is 10.8. The van der Waals surface area contributed by atoms with Gasteiger partial charge in [0.15, 0.2) is 5.96 Å². The third-order valence-electron chi connectivity index (χ3n) is 5.98. The van der Waals surface area contributed by atoms with Gasteiger partial charge < -0.3 is 19.9 Å². The van der Waals surface area contributed by atoms with Crippen molar-refractivity contribution < 1.29 is 9.13 Å². The minimum Gasteiger partial charge on any atom is -0.379 e. The Morgan fingerprint density at radius 1 is 1.24 bits per heavy atom. The minimum atomic E-state index is -0.158. The lowest BCUT2D eigenvalue weighted by atomic mass is 10.1. The third kappa shape index (κ3) is 5.82. The number of morpholine rings is 1. The highest BCUT2D eigenvalue weighted by molar-refractivity contribution is 5.80. The van der Waals surface area contributed by atoms with E-state index in [0.29, 0.717) is 18.2 Å². The van der Waals surface area contributed by atoms with Gasteiger partial charge in [-0.15, -0.1) is 0 Å². The molecular weight excluding hydrogens is 369 g/mol. The Labute approximate surface area is 174 Å². The molecule has 0 amide bonds. The van der Waals surface area contributed by atoms with Gasteiger partial charge in [0.2, 0.25) is 0 Å². The first-order valence-electron chi connectivity index (χ1n) is 10.9. The van der Waals surface area contributed by atoms with Crippen LogP contribution in [0.25, 0.3) is 0 Å². The van der Waals surface area contributed by atoms with Gasteiger partial charge in [0.25, 0.3) is 0 Å². The van der Waals surface area contributed by atoms with E-state index in [2.05, 4.69) is 20.1 Å². The smallest absolute Gasteiger partial charge is 0.193 e. The van der Waals surface area contributed by atoms with E-state index in [-0.39, 0.29) is 5.82 Å². The molecule has 3 rings (SSSR count). The lowest BCUT2D eigenvalue weighted by Crippen LogP contribution is -2.42. The number of rotatable bonds is 7. The van der Waals surface area contributed by atoms with E-state index < -0.39 is 0 Å². The van der Waals surface area contributed by atoms with Crippen molar-refractivity contribution in [1.29, 1.82) is 0 Å². The summed E-state index contributed by atoms with van der Waals surface area (Å²) in [5.41, 5.74) is 1.61. The number of likely N-dealkylation sites (tertiary alicyclic amines) is 1. The molecule has 162 valence electrons. The number of ether oxygens (including phenoxy) is 1. The summed E-state index contributed by atoms with van der Waals surface area (Å²) in [7, 11) is 1.82. The molecule has 7 heteroatoms. The standard InChI is InChI=1S/C22H36FN5O/c1-4-27(5-2)21-7-6-18(14-20(21)23)15-25-22(24-3)28-9-8-19(17-28)16-26-10-12-29-13-11-26/h6-7,14,19H,4-5,8-13,15-17H2,1-3H3,(H,24,25). The highest BCUT2D eigenvalue weighted by Crippen LogP contribution is 2.21. The summed E-state index contributed by atoms with van der Waals surface area (Å²) in [6, 6.07) is 5.53. The van der Waals surface area contributed by atoms with E-state index in [1.165, 1.54) is 6.42 Å². The van der Waals surface area contributed by atoms with E-state index >= 15 is 0 Å². The van der Waals surface area contributed by atoms with Gasteiger partial charge in [-0.05, 0) is 43.9 Å². The molecule has 1 atom stereocenters. The van der Waals surface area contributed by atoms with E-state index in [4.69, 9.17) is 4.74 Å². The second-order valence-electron chi connectivity index (χ2n) is 7.87. The third-order valence-corrected chi connectivity index (χ3v) is 5.98. The van der Waals surface area contributed by atoms with Crippen molar-refractivity contribution in [1.82, 2.24) is 15.1 Å². The second-order valence-corrected chi connectivity index (χ2v) is 7.87. The SMILES string of the molecule is CCN(CC)c1ccc(CNC(=NC)N2CCC(CN3CCOCC3)C2)cc1F. The molecule has 0 aromatic heterocycles. The lowest BCUT2D eigenvalue weighted by Gasteiger charge is -2.29. The van der Waals surface area contributed by atoms with Gasteiger partial charge in [-0.25, -0.2) is 4.39 Å². The number of guanidine groups is 1. The normalized spacial score (nSPS) is 20.9. The lowest BCUT2D eigenvalue weighted by molar-refractivity contribution is 0.0315. The van der Waals surface area contributed by atoms with Gasteiger partial charge in [0, 0.05) is 59.4 Å². The number of nitrogens with zero attached hydrogens (tertiary/aromatic N) is 4. The number of halogens is 1. The zero-order valence-corrected chi connectivity index (χ0v) is 18.2. The summed E-state index contributed by atoms with van der Waals surface area (Å²) in [5, 5.41) is 3.42. The quantitative estimate of drug-likeness (QED) is 0.557. The molecule has 2 heterocycles. The number of aliphatic imine (C=N–C) groups is 1. The zero-order valence-electron chi connectivity index (χ0n) is 18.2. The molecule has 29 heavy (non-hydrogen) atoms. The van der Waals surface area contributed by atoms with Gasteiger partial charge in [-0.3, -0.25) is 9.89 Å². The molecule has 6 nitrogen and oxygen atoms in total. The van der Waals surface area contributed by atoms with E-state index in [1.807, 2.05) is 37.9 Å². The first-order chi connectivity index (χ1) is 14.1. The Kier molecular flexibility index (Phi) is 8.12. The van der Waals surface area contributed by atoms with Crippen LogP contribution in [0.2, 0.25) is 0 Å². The van der Waals surface area contributed by atoms with Crippen molar-refractivity contribution in [2.45, 2.75) is 26.8 Å². The topological polar surface area (TPSA) is 43.3 Å². The van der Waals surface area contributed by atoms with Gasteiger partial charge in [0.1, 0.15) is 5.82 Å².